The summed E-state index contributed by atoms with van der Waals surface area (Å²) in [5.74, 6) is 0. The lowest BCUT2D eigenvalue weighted by Crippen LogP contribution is -2.49. The van der Waals surface area contributed by atoms with E-state index in [1.165, 1.54) is 12.8 Å². The number of hydrogen-bond acceptors (Lipinski definition) is 2. The van der Waals surface area contributed by atoms with Crippen LogP contribution in [0.15, 0.2) is 0 Å². The third-order valence-electron chi connectivity index (χ3n) is 4.13. The van der Waals surface area contributed by atoms with E-state index in [9.17, 15) is 4.39 Å². The molecule has 2 saturated heterocycles. The quantitative estimate of drug-likeness (QED) is 0.731. The van der Waals surface area contributed by atoms with E-state index in [0.717, 1.165) is 39.0 Å². The number of alkyl halides is 1. The molecule has 0 unspecified atom stereocenters. The largest absolute Gasteiger partial charge is 0.301 e. The van der Waals surface area contributed by atoms with E-state index in [2.05, 4.69) is 23.6 Å². The van der Waals surface area contributed by atoms with Gasteiger partial charge in [-0.05, 0) is 52.6 Å². The fourth-order valence-corrected chi connectivity index (χ4v) is 2.94. The van der Waals surface area contributed by atoms with Crippen molar-refractivity contribution in [3.63, 3.8) is 0 Å². The van der Waals surface area contributed by atoms with Gasteiger partial charge in [0.1, 0.15) is 5.67 Å². The van der Waals surface area contributed by atoms with Crippen LogP contribution in [-0.4, -0.2) is 54.2 Å². The summed E-state index contributed by atoms with van der Waals surface area (Å²) >= 11 is 0. The lowest BCUT2D eigenvalue weighted by Gasteiger charge is -2.40. The molecule has 2 aliphatic rings. The van der Waals surface area contributed by atoms with Crippen molar-refractivity contribution in [3.8, 4) is 0 Å². The van der Waals surface area contributed by atoms with Gasteiger partial charge in [0.05, 0.1) is 0 Å². The summed E-state index contributed by atoms with van der Waals surface area (Å²) in [6.45, 7) is 9.17. The number of nitrogens with zero attached hydrogens (tertiary/aromatic N) is 2. The highest BCUT2D eigenvalue weighted by Gasteiger charge is 2.37. The molecule has 0 N–H and O–H groups in total. The molecule has 94 valence electrons. The monoisotopic (exact) mass is 228 g/mol. The molecule has 2 nitrogen and oxygen atoms in total. The van der Waals surface area contributed by atoms with Crippen LogP contribution >= 0.6 is 0 Å². The lowest BCUT2D eigenvalue weighted by atomic mass is 9.92. The van der Waals surface area contributed by atoms with Crippen molar-refractivity contribution < 1.29 is 4.39 Å². The topological polar surface area (TPSA) is 6.48 Å². The Bertz CT molecular complexity index is 216. The van der Waals surface area contributed by atoms with E-state index >= 15 is 0 Å². The molecule has 2 aliphatic heterocycles. The van der Waals surface area contributed by atoms with Crippen molar-refractivity contribution in [3.05, 3.63) is 0 Å². The highest BCUT2D eigenvalue weighted by molar-refractivity contribution is 4.90. The van der Waals surface area contributed by atoms with E-state index in [-0.39, 0.29) is 0 Å². The van der Waals surface area contributed by atoms with Gasteiger partial charge in [0.25, 0.3) is 0 Å². The van der Waals surface area contributed by atoms with Gasteiger partial charge in [-0.15, -0.1) is 0 Å². The molecule has 2 fully saturated rings. The molecule has 16 heavy (non-hydrogen) atoms. The van der Waals surface area contributed by atoms with E-state index in [1.54, 1.807) is 0 Å². The second-order valence-electron chi connectivity index (χ2n) is 5.76. The molecule has 0 spiro atoms. The first kappa shape index (κ1) is 12.3. The van der Waals surface area contributed by atoms with Crippen LogP contribution in [0.1, 0.15) is 39.5 Å². The van der Waals surface area contributed by atoms with E-state index < -0.39 is 5.67 Å². The average molecular weight is 228 g/mol. The first-order valence-corrected chi connectivity index (χ1v) is 6.74. The molecule has 0 bridgehead atoms. The van der Waals surface area contributed by atoms with Gasteiger partial charge in [-0.2, -0.15) is 0 Å². The third kappa shape index (κ3) is 2.95. The normalized spacial score (nSPS) is 27.8. The van der Waals surface area contributed by atoms with Crippen LogP contribution in [0.5, 0.6) is 0 Å². The fourth-order valence-electron chi connectivity index (χ4n) is 2.94. The van der Waals surface area contributed by atoms with Gasteiger partial charge in [-0.1, -0.05) is 0 Å². The molecule has 0 radical (unpaired) electrons. The SMILES string of the molecule is CC(C)N1CCC(F)(CN2CCCC2)CC1. The van der Waals surface area contributed by atoms with Crippen molar-refractivity contribution in [2.75, 3.05) is 32.7 Å². The Morgan fingerprint density at radius 2 is 1.62 bits per heavy atom. The number of likely N-dealkylation sites (tertiary alicyclic amines) is 2. The van der Waals surface area contributed by atoms with E-state index in [0.29, 0.717) is 12.6 Å². The van der Waals surface area contributed by atoms with E-state index in [4.69, 9.17) is 0 Å². The lowest BCUT2D eigenvalue weighted by molar-refractivity contribution is 0.0208. The predicted molar refractivity (Wildman–Crippen MR) is 65.5 cm³/mol. The Labute approximate surface area is 98.8 Å². The summed E-state index contributed by atoms with van der Waals surface area (Å²) in [5, 5.41) is 0. The van der Waals surface area contributed by atoms with Crippen LogP contribution in [0.4, 0.5) is 4.39 Å². The zero-order valence-electron chi connectivity index (χ0n) is 10.7. The van der Waals surface area contributed by atoms with Crippen molar-refractivity contribution in [2.45, 2.75) is 51.2 Å². The zero-order chi connectivity index (χ0) is 11.6. The maximum atomic E-state index is 14.6. The van der Waals surface area contributed by atoms with Gasteiger partial charge in [0.15, 0.2) is 0 Å². The number of rotatable bonds is 3. The molecule has 3 heteroatoms. The molecule has 0 aromatic heterocycles. The summed E-state index contributed by atoms with van der Waals surface area (Å²) in [4.78, 5) is 4.70. The van der Waals surface area contributed by atoms with Gasteiger partial charge in [0.2, 0.25) is 0 Å². The number of piperidine rings is 1. The Kier molecular flexibility index (Phi) is 3.85. The van der Waals surface area contributed by atoms with Gasteiger partial charge in [0, 0.05) is 25.7 Å². The third-order valence-corrected chi connectivity index (χ3v) is 4.13. The summed E-state index contributed by atoms with van der Waals surface area (Å²) in [7, 11) is 0. The van der Waals surface area contributed by atoms with Gasteiger partial charge in [-0.25, -0.2) is 4.39 Å². The molecule has 0 aromatic rings. The molecular formula is C13H25FN2. The predicted octanol–water partition coefficient (Wildman–Crippen LogP) is 2.29. The van der Waals surface area contributed by atoms with Gasteiger partial charge in [-0.3, -0.25) is 0 Å². The second kappa shape index (κ2) is 5.01. The minimum atomic E-state index is -0.907. The molecule has 0 aromatic carbocycles. The van der Waals surface area contributed by atoms with Gasteiger partial charge >= 0.3 is 0 Å². The standard InChI is InChI=1S/C13H25FN2/c1-12(2)16-9-5-13(14,6-10-16)11-15-7-3-4-8-15/h12H,3-11H2,1-2H3. The van der Waals surface area contributed by atoms with Crippen LogP contribution in [0.25, 0.3) is 0 Å². The van der Waals surface area contributed by atoms with Crippen LogP contribution in [0.2, 0.25) is 0 Å². The summed E-state index contributed by atoms with van der Waals surface area (Å²) in [5.41, 5.74) is -0.907. The Morgan fingerprint density at radius 1 is 1.06 bits per heavy atom. The number of halogens is 1. The molecule has 0 aliphatic carbocycles. The van der Waals surface area contributed by atoms with Gasteiger partial charge < -0.3 is 9.80 Å². The Balaban J connectivity index is 1.81. The first-order chi connectivity index (χ1) is 7.59. The van der Waals surface area contributed by atoms with Crippen molar-refractivity contribution in [1.82, 2.24) is 9.80 Å². The Morgan fingerprint density at radius 3 is 2.12 bits per heavy atom. The van der Waals surface area contributed by atoms with Crippen molar-refractivity contribution >= 4 is 0 Å². The van der Waals surface area contributed by atoms with Crippen molar-refractivity contribution in [1.29, 1.82) is 0 Å². The van der Waals surface area contributed by atoms with Crippen LogP contribution < -0.4 is 0 Å². The first-order valence-electron chi connectivity index (χ1n) is 6.74. The summed E-state index contributed by atoms with van der Waals surface area (Å²) in [6, 6.07) is 0.566. The molecule has 2 rings (SSSR count). The molecular weight excluding hydrogens is 203 g/mol. The zero-order valence-corrected chi connectivity index (χ0v) is 10.7. The van der Waals surface area contributed by atoms with Crippen LogP contribution in [0, 0.1) is 0 Å². The maximum Gasteiger partial charge on any atom is 0.126 e. The smallest absolute Gasteiger partial charge is 0.126 e. The highest BCUT2D eigenvalue weighted by atomic mass is 19.1. The maximum absolute atomic E-state index is 14.6. The van der Waals surface area contributed by atoms with Crippen LogP contribution in [0.3, 0.4) is 0 Å². The fraction of sp³-hybridized carbons (Fsp3) is 1.00. The molecule has 0 saturated carbocycles. The second-order valence-corrected chi connectivity index (χ2v) is 5.76. The Hall–Kier alpha value is -0.150. The minimum Gasteiger partial charge on any atom is -0.301 e. The summed E-state index contributed by atoms with van der Waals surface area (Å²) in [6.07, 6.45) is 3.96. The molecule has 0 amide bonds. The van der Waals surface area contributed by atoms with Crippen molar-refractivity contribution in [2.24, 2.45) is 0 Å². The average Bonchev–Trinajstić information content (AvgIpc) is 2.70. The van der Waals surface area contributed by atoms with Crippen LogP contribution in [-0.2, 0) is 0 Å². The molecule has 0 atom stereocenters. The highest BCUT2D eigenvalue weighted by Crippen LogP contribution is 2.29. The summed E-state index contributed by atoms with van der Waals surface area (Å²) < 4.78 is 14.6. The minimum absolute atomic E-state index is 0.566. The number of hydrogen-bond donors (Lipinski definition) is 0. The molecule has 2 heterocycles. The van der Waals surface area contributed by atoms with E-state index in [1.807, 2.05) is 0 Å².